The number of benzene rings is 3. The number of hydrogen-bond donors (Lipinski definition) is 0. The fraction of sp³-hybridized carbons (Fsp3) is 0.217. The van der Waals surface area contributed by atoms with E-state index >= 15 is 0 Å². The van der Waals surface area contributed by atoms with Crippen LogP contribution in [0.5, 0.6) is 5.75 Å². The van der Waals surface area contributed by atoms with Crippen LogP contribution in [0.1, 0.15) is 17.5 Å². The maximum absolute atomic E-state index is 11.0. The number of ether oxygens (including phenoxy) is 1. The third-order valence-corrected chi connectivity index (χ3v) is 6.13. The Balaban J connectivity index is 1.56. The largest absolute Gasteiger partial charge is 0.489 e. The van der Waals surface area contributed by atoms with Crippen molar-refractivity contribution in [1.29, 1.82) is 0 Å². The van der Waals surface area contributed by atoms with Crippen LogP contribution in [0.15, 0.2) is 82.6 Å². The van der Waals surface area contributed by atoms with Crippen LogP contribution >= 0.6 is 23.4 Å². The van der Waals surface area contributed by atoms with Gasteiger partial charge in [-0.3, -0.25) is 4.18 Å². The SMILES string of the molecule is CS(=O)(=O)OCCCc1ccc(Sc2cccc(OCc3ccccc3)c2)cc1Cl. The molecule has 0 aliphatic rings. The van der Waals surface area contributed by atoms with E-state index in [9.17, 15) is 8.42 Å². The molecular weight excluding hydrogens is 440 g/mol. The van der Waals surface area contributed by atoms with Gasteiger partial charge in [-0.05, 0) is 54.3 Å². The van der Waals surface area contributed by atoms with E-state index in [0.717, 1.165) is 32.9 Å². The van der Waals surface area contributed by atoms with E-state index in [0.29, 0.717) is 24.5 Å². The topological polar surface area (TPSA) is 52.6 Å². The summed E-state index contributed by atoms with van der Waals surface area (Å²) in [5.41, 5.74) is 2.10. The maximum Gasteiger partial charge on any atom is 0.264 e. The Morgan fingerprint density at radius 2 is 1.70 bits per heavy atom. The van der Waals surface area contributed by atoms with Crippen molar-refractivity contribution in [2.45, 2.75) is 29.2 Å². The molecule has 0 aliphatic carbocycles. The highest BCUT2D eigenvalue weighted by Crippen LogP contribution is 2.33. The average Bonchev–Trinajstić information content (AvgIpc) is 2.71. The summed E-state index contributed by atoms with van der Waals surface area (Å²) in [6.45, 7) is 0.681. The average molecular weight is 463 g/mol. The fourth-order valence-corrected chi connectivity index (χ4v) is 4.44. The summed E-state index contributed by atoms with van der Waals surface area (Å²) >= 11 is 8.03. The molecule has 0 unspecified atom stereocenters. The van der Waals surface area contributed by atoms with Crippen LogP contribution in [0.4, 0.5) is 0 Å². The molecule has 0 fully saturated rings. The second kappa shape index (κ2) is 10.9. The van der Waals surface area contributed by atoms with Crippen molar-refractivity contribution in [2.24, 2.45) is 0 Å². The molecule has 30 heavy (non-hydrogen) atoms. The van der Waals surface area contributed by atoms with E-state index in [2.05, 4.69) is 0 Å². The highest BCUT2D eigenvalue weighted by Gasteiger charge is 2.07. The third-order valence-electron chi connectivity index (χ3n) is 4.20. The van der Waals surface area contributed by atoms with Crippen LogP contribution in [0, 0.1) is 0 Å². The minimum Gasteiger partial charge on any atom is -0.489 e. The second-order valence-corrected chi connectivity index (χ2v) is 9.93. The molecular formula is C23H23ClO4S2. The molecule has 0 atom stereocenters. The lowest BCUT2D eigenvalue weighted by Crippen LogP contribution is -2.05. The van der Waals surface area contributed by atoms with Gasteiger partial charge in [0.2, 0.25) is 0 Å². The summed E-state index contributed by atoms with van der Waals surface area (Å²) in [5, 5.41) is 0.663. The molecule has 3 rings (SSSR count). The van der Waals surface area contributed by atoms with Gasteiger partial charge < -0.3 is 4.74 Å². The van der Waals surface area contributed by atoms with Crippen LogP contribution in [0.3, 0.4) is 0 Å². The summed E-state index contributed by atoms with van der Waals surface area (Å²) in [6.07, 6.45) is 2.29. The molecule has 0 radical (unpaired) electrons. The Morgan fingerprint density at radius 1 is 0.933 bits per heavy atom. The predicted molar refractivity (Wildman–Crippen MR) is 122 cm³/mol. The van der Waals surface area contributed by atoms with Gasteiger partial charge in [-0.1, -0.05) is 65.8 Å². The minimum atomic E-state index is -3.40. The molecule has 158 valence electrons. The van der Waals surface area contributed by atoms with Gasteiger partial charge in [0.05, 0.1) is 12.9 Å². The van der Waals surface area contributed by atoms with E-state index in [1.165, 1.54) is 0 Å². The van der Waals surface area contributed by atoms with Crippen LogP contribution in [0.2, 0.25) is 5.02 Å². The zero-order valence-corrected chi connectivity index (χ0v) is 19.0. The standard InChI is InChI=1S/C23H23ClO4S2/c1-30(25,26)28-14-6-9-19-12-13-22(16-23(19)24)29-21-11-5-10-20(15-21)27-17-18-7-3-2-4-8-18/h2-5,7-8,10-13,15-16H,6,9,14,17H2,1H3. The quantitative estimate of drug-likeness (QED) is 0.274. The first-order valence-electron chi connectivity index (χ1n) is 9.46. The van der Waals surface area contributed by atoms with E-state index in [1.54, 1.807) is 11.8 Å². The summed E-state index contributed by atoms with van der Waals surface area (Å²) in [7, 11) is -3.40. The monoisotopic (exact) mass is 462 g/mol. The van der Waals surface area contributed by atoms with Gasteiger partial charge in [-0.2, -0.15) is 8.42 Å². The van der Waals surface area contributed by atoms with Crippen LogP contribution in [-0.4, -0.2) is 21.3 Å². The van der Waals surface area contributed by atoms with Crippen LogP contribution in [0.25, 0.3) is 0 Å². The molecule has 0 aromatic heterocycles. The minimum absolute atomic E-state index is 0.154. The van der Waals surface area contributed by atoms with E-state index in [-0.39, 0.29) is 6.61 Å². The Morgan fingerprint density at radius 3 is 2.43 bits per heavy atom. The first-order chi connectivity index (χ1) is 14.4. The third kappa shape index (κ3) is 7.69. The number of rotatable bonds is 10. The second-order valence-electron chi connectivity index (χ2n) is 6.73. The molecule has 3 aromatic rings. The molecule has 0 amide bonds. The summed E-state index contributed by atoms with van der Waals surface area (Å²) < 4.78 is 32.7. The molecule has 7 heteroatoms. The predicted octanol–water partition coefficient (Wildman–Crippen LogP) is 5.98. The first-order valence-corrected chi connectivity index (χ1v) is 12.5. The normalized spacial score (nSPS) is 11.4. The Labute approximate surface area is 187 Å². The number of halogens is 1. The van der Waals surface area contributed by atoms with Crippen molar-refractivity contribution in [3.8, 4) is 5.75 Å². The Kier molecular flexibility index (Phi) is 8.22. The molecule has 0 heterocycles. The van der Waals surface area contributed by atoms with Crippen molar-refractivity contribution < 1.29 is 17.3 Å². The van der Waals surface area contributed by atoms with Gasteiger partial charge in [0.25, 0.3) is 10.1 Å². The zero-order chi connectivity index (χ0) is 21.4. The van der Waals surface area contributed by atoms with E-state index in [1.807, 2.05) is 72.8 Å². The maximum atomic E-state index is 11.0. The lowest BCUT2D eigenvalue weighted by Gasteiger charge is -2.10. The van der Waals surface area contributed by atoms with E-state index < -0.39 is 10.1 Å². The molecule has 3 aromatic carbocycles. The Hall–Kier alpha value is -1.99. The van der Waals surface area contributed by atoms with Gasteiger partial charge in [-0.25, -0.2) is 0 Å². The smallest absolute Gasteiger partial charge is 0.264 e. The van der Waals surface area contributed by atoms with Gasteiger partial charge in [0, 0.05) is 14.8 Å². The highest BCUT2D eigenvalue weighted by molar-refractivity contribution is 7.99. The molecule has 0 saturated heterocycles. The van der Waals surface area contributed by atoms with Crippen LogP contribution < -0.4 is 4.74 Å². The summed E-state index contributed by atoms with van der Waals surface area (Å²) in [5.74, 6) is 0.817. The van der Waals surface area contributed by atoms with Crippen molar-refractivity contribution in [2.75, 3.05) is 12.9 Å². The molecule has 4 nitrogen and oxygen atoms in total. The lowest BCUT2D eigenvalue weighted by atomic mass is 10.1. The Bertz CT molecular complexity index is 1070. The molecule has 0 aliphatic heterocycles. The molecule has 0 saturated carbocycles. The van der Waals surface area contributed by atoms with Gasteiger partial charge in [-0.15, -0.1) is 0 Å². The summed E-state index contributed by atoms with van der Waals surface area (Å²) in [4.78, 5) is 2.09. The van der Waals surface area contributed by atoms with Crippen molar-refractivity contribution in [3.05, 3.63) is 88.9 Å². The molecule has 0 spiro atoms. The van der Waals surface area contributed by atoms with Crippen molar-refractivity contribution in [3.63, 3.8) is 0 Å². The van der Waals surface area contributed by atoms with Gasteiger partial charge >= 0.3 is 0 Å². The highest BCUT2D eigenvalue weighted by atomic mass is 35.5. The van der Waals surface area contributed by atoms with Crippen molar-refractivity contribution in [1.82, 2.24) is 0 Å². The lowest BCUT2D eigenvalue weighted by molar-refractivity contribution is 0.305. The van der Waals surface area contributed by atoms with Gasteiger partial charge in [0.1, 0.15) is 12.4 Å². The van der Waals surface area contributed by atoms with E-state index in [4.69, 9.17) is 20.5 Å². The van der Waals surface area contributed by atoms with Crippen molar-refractivity contribution >= 4 is 33.5 Å². The number of aryl methyl sites for hydroxylation is 1. The number of hydrogen-bond acceptors (Lipinski definition) is 5. The molecule has 0 N–H and O–H groups in total. The molecule has 0 bridgehead atoms. The van der Waals surface area contributed by atoms with Gasteiger partial charge in [0.15, 0.2) is 0 Å². The summed E-state index contributed by atoms with van der Waals surface area (Å²) in [6, 6.07) is 23.9. The van der Waals surface area contributed by atoms with Crippen LogP contribution in [-0.2, 0) is 27.3 Å². The fourth-order valence-electron chi connectivity index (χ4n) is 2.77. The first kappa shape index (κ1) is 22.7. The zero-order valence-electron chi connectivity index (χ0n) is 16.6.